The fourth-order valence-corrected chi connectivity index (χ4v) is 4.71. The SMILES string of the molecule is CCC1OCCC1CN1CC(C2CCCCC2)NCC1C. The van der Waals surface area contributed by atoms with Crippen molar-refractivity contribution in [1.29, 1.82) is 0 Å². The van der Waals surface area contributed by atoms with Crippen LogP contribution in [0.5, 0.6) is 0 Å². The van der Waals surface area contributed by atoms with Gasteiger partial charge >= 0.3 is 0 Å². The van der Waals surface area contributed by atoms with Gasteiger partial charge in [0.25, 0.3) is 0 Å². The molecule has 0 aromatic heterocycles. The summed E-state index contributed by atoms with van der Waals surface area (Å²) in [6, 6.07) is 1.42. The Morgan fingerprint density at radius 3 is 2.71 bits per heavy atom. The number of nitrogens with one attached hydrogen (secondary N) is 1. The molecule has 1 saturated carbocycles. The molecule has 0 radical (unpaired) electrons. The Labute approximate surface area is 130 Å². The summed E-state index contributed by atoms with van der Waals surface area (Å²) in [7, 11) is 0. The van der Waals surface area contributed by atoms with Gasteiger partial charge in [0.2, 0.25) is 0 Å². The third-order valence-corrected chi connectivity index (χ3v) is 6.17. The van der Waals surface area contributed by atoms with Crippen LogP contribution in [-0.4, -0.2) is 49.3 Å². The summed E-state index contributed by atoms with van der Waals surface area (Å²) in [6.07, 6.45) is 10.2. The zero-order valence-corrected chi connectivity index (χ0v) is 14.0. The van der Waals surface area contributed by atoms with Crippen LogP contribution in [0.25, 0.3) is 0 Å². The quantitative estimate of drug-likeness (QED) is 0.862. The van der Waals surface area contributed by atoms with Crippen molar-refractivity contribution in [3.05, 3.63) is 0 Å². The molecule has 3 aliphatic rings. The monoisotopic (exact) mass is 294 g/mol. The van der Waals surface area contributed by atoms with E-state index in [9.17, 15) is 0 Å². The van der Waals surface area contributed by atoms with Crippen molar-refractivity contribution in [3.8, 4) is 0 Å². The lowest BCUT2D eigenvalue weighted by atomic mass is 9.82. The molecular weight excluding hydrogens is 260 g/mol. The second-order valence-electron chi connectivity index (χ2n) is 7.58. The highest BCUT2D eigenvalue weighted by molar-refractivity contribution is 4.91. The van der Waals surface area contributed by atoms with E-state index in [1.807, 2.05) is 0 Å². The number of rotatable bonds is 4. The molecule has 1 N–H and O–H groups in total. The first-order chi connectivity index (χ1) is 10.3. The van der Waals surface area contributed by atoms with Crippen LogP contribution in [0.1, 0.15) is 58.8 Å². The van der Waals surface area contributed by atoms with Crippen molar-refractivity contribution < 1.29 is 4.74 Å². The van der Waals surface area contributed by atoms with Gasteiger partial charge in [-0.1, -0.05) is 26.2 Å². The molecule has 3 rings (SSSR count). The van der Waals surface area contributed by atoms with E-state index in [0.717, 1.165) is 24.5 Å². The lowest BCUT2D eigenvalue weighted by Crippen LogP contribution is -2.59. The van der Waals surface area contributed by atoms with Gasteiger partial charge in [-0.15, -0.1) is 0 Å². The van der Waals surface area contributed by atoms with E-state index >= 15 is 0 Å². The molecule has 1 aliphatic carbocycles. The summed E-state index contributed by atoms with van der Waals surface area (Å²) in [5.41, 5.74) is 0. The zero-order chi connectivity index (χ0) is 14.7. The van der Waals surface area contributed by atoms with E-state index < -0.39 is 0 Å². The fraction of sp³-hybridized carbons (Fsp3) is 1.00. The number of hydrogen-bond acceptors (Lipinski definition) is 3. The van der Waals surface area contributed by atoms with Gasteiger partial charge < -0.3 is 10.1 Å². The summed E-state index contributed by atoms with van der Waals surface area (Å²) >= 11 is 0. The maximum atomic E-state index is 5.89. The molecule has 0 aromatic rings. The Balaban J connectivity index is 1.55. The predicted octanol–water partition coefficient (Wildman–Crippen LogP) is 3.04. The Bertz CT molecular complexity index is 316. The van der Waals surface area contributed by atoms with Crippen LogP contribution in [0.2, 0.25) is 0 Å². The van der Waals surface area contributed by atoms with Crippen molar-refractivity contribution in [2.24, 2.45) is 11.8 Å². The third kappa shape index (κ3) is 3.80. The highest BCUT2D eigenvalue weighted by atomic mass is 16.5. The van der Waals surface area contributed by atoms with Gasteiger partial charge in [0, 0.05) is 38.3 Å². The average molecular weight is 294 g/mol. The highest BCUT2D eigenvalue weighted by Crippen LogP contribution is 2.30. The molecule has 0 amide bonds. The summed E-state index contributed by atoms with van der Waals surface area (Å²) < 4.78 is 5.89. The van der Waals surface area contributed by atoms with Gasteiger partial charge in [0.05, 0.1) is 6.10 Å². The molecule has 2 aliphatic heterocycles. The van der Waals surface area contributed by atoms with Crippen molar-refractivity contribution in [1.82, 2.24) is 10.2 Å². The smallest absolute Gasteiger partial charge is 0.0613 e. The van der Waals surface area contributed by atoms with Crippen LogP contribution in [0, 0.1) is 11.8 Å². The van der Waals surface area contributed by atoms with Crippen LogP contribution < -0.4 is 5.32 Å². The van der Waals surface area contributed by atoms with Gasteiger partial charge in [0.15, 0.2) is 0 Å². The maximum absolute atomic E-state index is 5.89. The van der Waals surface area contributed by atoms with Gasteiger partial charge in [0.1, 0.15) is 0 Å². The van der Waals surface area contributed by atoms with Crippen LogP contribution in [0.4, 0.5) is 0 Å². The largest absolute Gasteiger partial charge is 0.378 e. The van der Waals surface area contributed by atoms with Crippen LogP contribution in [0.3, 0.4) is 0 Å². The van der Waals surface area contributed by atoms with E-state index in [0.29, 0.717) is 12.1 Å². The van der Waals surface area contributed by atoms with E-state index in [-0.39, 0.29) is 0 Å². The second-order valence-corrected chi connectivity index (χ2v) is 7.58. The van der Waals surface area contributed by atoms with Crippen molar-refractivity contribution in [3.63, 3.8) is 0 Å². The molecule has 0 spiro atoms. The summed E-state index contributed by atoms with van der Waals surface area (Å²) in [4.78, 5) is 2.76. The molecule has 122 valence electrons. The first-order valence-electron chi connectivity index (χ1n) is 9.37. The standard InChI is InChI=1S/C18H34N2O/c1-3-18-16(9-10-21-18)12-20-13-17(19-11-14(20)2)15-7-5-4-6-8-15/h14-19H,3-13H2,1-2H3. The molecule has 0 bridgehead atoms. The molecule has 3 fully saturated rings. The number of piperazine rings is 1. The second kappa shape index (κ2) is 7.43. The van der Waals surface area contributed by atoms with Gasteiger partial charge in [-0.05, 0) is 44.4 Å². The van der Waals surface area contributed by atoms with E-state index in [2.05, 4.69) is 24.1 Å². The fourth-order valence-electron chi connectivity index (χ4n) is 4.71. The molecule has 2 saturated heterocycles. The van der Waals surface area contributed by atoms with Crippen molar-refractivity contribution in [2.45, 2.75) is 77.0 Å². The summed E-state index contributed by atoms with van der Waals surface area (Å²) in [6.45, 7) is 9.33. The molecule has 21 heavy (non-hydrogen) atoms. The summed E-state index contributed by atoms with van der Waals surface area (Å²) in [5.74, 6) is 1.69. The Kier molecular flexibility index (Phi) is 5.58. The maximum Gasteiger partial charge on any atom is 0.0613 e. The van der Waals surface area contributed by atoms with Gasteiger partial charge in [-0.2, -0.15) is 0 Å². The van der Waals surface area contributed by atoms with E-state index in [1.54, 1.807) is 0 Å². The summed E-state index contributed by atoms with van der Waals surface area (Å²) in [5, 5.41) is 3.85. The topological polar surface area (TPSA) is 24.5 Å². The predicted molar refractivity (Wildman–Crippen MR) is 87.5 cm³/mol. The van der Waals surface area contributed by atoms with Crippen molar-refractivity contribution in [2.75, 3.05) is 26.2 Å². The Morgan fingerprint density at radius 2 is 1.95 bits per heavy atom. The minimum atomic E-state index is 0.514. The zero-order valence-electron chi connectivity index (χ0n) is 14.0. The first kappa shape index (κ1) is 15.8. The van der Waals surface area contributed by atoms with E-state index in [4.69, 9.17) is 4.74 Å². The van der Waals surface area contributed by atoms with E-state index in [1.165, 1.54) is 64.6 Å². The molecular formula is C18H34N2O. The third-order valence-electron chi connectivity index (χ3n) is 6.17. The van der Waals surface area contributed by atoms with Crippen LogP contribution in [-0.2, 0) is 4.74 Å². The first-order valence-corrected chi connectivity index (χ1v) is 9.37. The normalized spacial score (nSPS) is 39.7. The van der Waals surface area contributed by atoms with Crippen molar-refractivity contribution >= 4 is 0 Å². The van der Waals surface area contributed by atoms with Gasteiger partial charge in [-0.25, -0.2) is 0 Å². The molecule has 4 unspecified atom stereocenters. The Hall–Kier alpha value is -0.120. The van der Waals surface area contributed by atoms with Crippen LogP contribution in [0.15, 0.2) is 0 Å². The number of nitrogens with zero attached hydrogens (tertiary/aromatic N) is 1. The molecule has 4 atom stereocenters. The minimum absolute atomic E-state index is 0.514. The minimum Gasteiger partial charge on any atom is -0.378 e. The Morgan fingerprint density at radius 1 is 1.14 bits per heavy atom. The van der Waals surface area contributed by atoms with Gasteiger partial charge in [-0.3, -0.25) is 4.90 Å². The molecule has 3 nitrogen and oxygen atoms in total. The van der Waals surface area contributed by atoms with Crippen LogP contribution >= 0.6 is 0 Å². The number of ether oxygens (including phenoxy) is 1. The number of hydrogen-bond donors (Lipinski definition) is 1. The molecule has 2 heterocycles. The average Bonchev–Trinajstić information content (AvgIpc) is 2.97. The lowest BCUT2D eigenvalue weighted by molar-refractivity contribution is 0.0505. The lowest BCUT2D eigenvalue weighted by Gasteiger charge is -2.44. The molecule has 3 heteroatoms. The highest BCUT2D eigenvalue weighted by Gasteiger charge is 2.34. The molecule has 0 aromatic carbocycles.